The predicted molar refractivity (Wildman–Crippen MR) is 54.8 cm³/mol. The van der Waals surface area contributed by atoms with Crippen molar-refractivity contribution in [3.8, 4) is 0 Å². The maximum absolute atomic E-state index is 10.6. The number of rotatable bonds is 5. The highest BCUT2D eigenvalue weighted by Crippen LogP contribution is 2.12. The van der Waals surface area contributed by atoms with Gasteiger partial charge in [0, 0.05) is 25.6 Å². The number of carbonyl (C=O) groups is 1. The molecule has 1 heterocycles. The molecule has 4 heteroatoms. The Hall–Kier alpha value is -0.610. The second-order valence-corrected chi connectivity index (χ2v) is 4.06. The van der Waals surface area contributed by atoms with Crippen molar-refractivity contribution < 1.29 is 9.53 Å². The average molecular weight is 200 g/mol. The summed E-state index contributed by atoms with van der Waals surface area (Å²) in [5.41, 5.74) is 5.10. The molecule has 14 heavy (non-hydrogen) atoms. The minimum absolute atomic E-state index is 0.175. The first kappa shape index (κ1) is 11.5. The second kappa shape index (κ2) is 5.98. The zero-order valence-corrected chi connectivity index (χ0v) is 8.79. The third-order valence-electron chi connectivity index (χ3n) is 2.52. The molecule has 4 nitrogen and oxygen atoms in total. The van der Waals surface area contributed by atoms with E-state index in [1.807, 2.05) is 6.92 Å². The summed E-state index contributed by atoms with van der Waals surface area (Å²) in [6.07, 6.45) is 2.78. The van der Waals surface area contributed by atoms with Gasteiger partial charge in [0.25, 0.3) is 0 Å². The third kappa shape index (κ3) is 4.58. The van der Waals surface area contributed by atoms with Crippen LogP contribution in [-0.4, -0.2) is 31.7 Å². The number of carbonyl (C=O) groups excluding carboxylic acids is 1. The number of amides is 1. The van der Waals surface area contributed by atoms with E-state index in [1.165, 1.54) is 6.42 Å². The summed E-state index contributed by atoms with van der Waals surface area (Å²) in [5.74, 6) is 0.351. The first-order valence-corrected chi connectivity index (χ1v) is 5.28. The average Bonchev–Trinajstić information content (AvgIpc) is 2.15. The Morgan fingerprint density at radius 2 is 2.50 bits per heavy atom. The van der Waals surface area contributed by atoms with E-state index in [0.29, 0.717) is 12.3 Å². The van der Waals surface area contributed by atoms with Gasteiger partial charge < -0.3 is 15.8 Å². The van der Waals surface area contributed by atoms with Crippen molar-refractivity contribution in [3.05, 3.63) is 0 Å². The number of ether oxygens (including phenoxy) is 1. The van der Waals surface area contributed by atoms with Crippen molar-refractivity contribution in [2.24, 2.45) is 11.7 Å². The molecule has 0 radical (unpaired) electrons. The van der Waals surface area contributed by atoms with E-state index < -0.39 is 0 Å². The molecule has 1 rings (SSSR count). The van der Waals surface area contributed by atoms with Crippen LogP contribution in [0.4, 0.5) is 0 Å². The third-order valence-corrected chi connectivity index (χ3v) is 2.52. The zero-order valence-electron chi connectivity index (χ0n) is 8.79. The van der Waals surface area contributed by atoms with Gasteiger partial charge in [-0.2, -0.15) is 0 Å². The van der Waals surface area contributed by atoms with Gasteiger partial charge in [0.2, 0.25) is 5.91 Å². The van der Waals surface area contributed by atoms with Crippen LogP contribution in [0.1, 0.15) is 26.2 Å². The molecule has 0 aliphatic carbocycles. The molecular formula is C10H20N2O2. The molecule has 1 amide bonds. The predicted octanol–water partition coefficient (Wildman–Crippen LogP) is 0.267. The number of nitrogens with one attached hydrogen (secondary N) is 1. The Balaban J connectivity index is 2.09. The summed E-state index contributed by atoms with van der Waals surface area (Å²) in [7, 11) is 0. The van der Waals surface area contributed by atoms with Gasteiger partial charge in [-0.3, -0.25) is 4.79 Å². The van der Waals surface area contributed by atoms with Crippen molar-refractivity contribution in [2.45, 2.75) is 32.2 Å². The van der Waals surface area contributed by atoms with Gasteiger partial charge in [0.15, 0.2) is 0 Å². The molecule has 3 N–H and O–H groups in total. The Morgan fingerprint density at radius 1 is 1.71 bits per heavy atom. The molecule has 0 aromatic carbocycles. The van der Waals surface area contributed by atoms with Crippen LogP contribution in [-0.2, 0) is 9.53 Å². The quantitative estimate of drug-likeness (QED) is 0.669. The van der Waals surface area contributed by atoms with E-state index in [0.717, 1.165) is 26.2 Å². The minimum Gasteiger partial charge on any atom is -0.381 e. The summed E-state index contributed by atoms with van der Waals surface area (Å²) < 4.78 is 5.36. The van der Waals surface area contributed by atoms with Gasteiger partial charge in [-0.1, -0.05) is 0 Å². The largest absolute Gasteiger partial charge is 0.381 e. The lowest BCUT2D eigenvalue weighted by atomic mass is 10.0. The zero-order chi connectivity index (χ0) is 10.4. The molecule has 1 aliphatic heterocycles. The first-order chi connectivity index (χ1) is 6.68. The lowest BCUT2D eigenvalue weighted by Crippen LogP contribution is -2.36. The molecule has 82 valence electrons. The van der Waals surface area contributed by atoms with Crippen molar-refractivity contribution in [3.63, 3.8) is 0 Å². The summed E-state index contributed by atoms with van der Waals surface area (Å²) in [6, 6.07) is 0.175. The van der Waals surface area contributed by atoms with Crippen LogP contribution < -0.4 is 11.1 Å². The van der Waals surface area contributed by atoms with Crippen LogP contribution in [0.3, 0.4) is 0 Å². The monoisotopic (exact) mass is 200 g/mol. The van der Waals surface area contributed by atoms with E-state index in [9.17, 15) is 4.79 Å². The second-order valence-electron chi connectivity index (χ2n) is 4.06. The first-order valence-electron chi connectivity index (χ1n) is 5.28. The van der Waals surface area contributed by atoms with E-state index in [-0.39, 0.29) is 11.9 Å². The van der Waals surface area contributed by atoms with Gasteiger partial charge >= 0.3 is 0 Å². The van der Waals surface area contributed by atoms with E-state index >= 15 is 0 Å². The molecule has 2 atom stereocenters. The number of primary amides is 1. The fourth-order valence-electron chi connectivity index (χ4n) is 1.71. The van der Waals surface area contributed by atoms with Gasteiger partial charge in [-0.05, 0) is 25.7 Å². The van der Waals surface area contributed by atoms with Crippen LogP contribution in [0.25, 0.3) is 0 Å². The lowest BCUT2D eigenvalue weighted by Gasteiger charge is -2.23. The SMILES string of the molecule is CC(CC(N)=O)NCC1CCCOC1. The number of hydrogen-bond donors (Lipinski definition) is 2. The van der Waals surface area contributed by atoms with Crippen LogP contribution in [0, 0.1) is 5.92 Å². The molecule has 0 aromatic heterocycles. The highest BCUT2D eigenvalue weighted by Gasteiger charge is 2.14. The minimum atomic E-state index is -0.245. The molecule has 0 spiro atoms. The maximum atomic E-state index is 10.6. The molecule has 0 aromatic rings. The fourth-order valence-corrected chi connectivity index (χ4v) is 1.71. The molecule has 0 bridgehead atoms. The van der Waals surface area contributed by atoms with Crippen molar-refractivity contribution in [1.82, 2.24) is 5.32 Å². The molecule has 1 aliphatic rings. The molecule has 1 saturated heterocycles. The van der Waals surface area contributed by atoms with Crippen LogP contribution in [0.2, 0.25) is 0 Å². The summed E-state index contributed by atoms with van der Waals surface area (Å²) in [5, 5.41) is 3.30. The maximum Gasteiger partial charge on any atom is 0.218 e. The Labute approximate surface area is 85.2 Å². The van der Waals surface area contributed by atoms with Gasteiger partial charge in [-0.15, -0.1) is 0 Å². The van der Waals surface area contributed by atoms with Crippen LogP contribution in [0.5, 0.6) is 0 Å². The topological polar surface area (TPSA) is 64.4 Å². The molecule has 1 fully saturated rings. The normalized spacial score (nSPS) is 24.5. The molecular weight excluding hydrogens is 180 g/mol. The van der Waals surface area contributed by atoms with E-state index in [2.05, 4.69) is 5.32 Å². The molecule has 2 unspecified atom stereocenters. The van der Waals surface area contributed by atoms with Gasteiger partial charge in [0.05, 0.1) is 6.61 Å². The summed E-state index contributed by atoms with van der Waals surface area (Å²) in [4.78, 5) is 10.6. The van der Waals surface area contributed by atoms with Gasteiger partial charge in [0.1, 0.15) is 0 Å². The smallest absolute Gasteiger partial charge is 0.218 e. The van der Waals surface area contributed by atoms with Crippen LogP contribution in [0.15, 0.2) is 0 Å². The number of hydrogen-bond acceptors (Lipinski definition) is 3. The van der Waals surface area contributed by atoms with Gasteiger partial charge in [-0.25, -0.2) is 0 Å². The van der Waals surface area contributed by atoms with Crippen molar-refractivity contribution in [1.29, 1.82) is 0 Å². The summed E-state index contributed by atoms with van der Waals surface area (Å²) >= 11 is 0. The highest BCUT2D eigenvalue weighted by molar-refractivity contribution is 5.74. The summed E-state index contributed by atoms with van der Waals surface area (Å²) in [6.45, 7) is 4.65. The van der Waals surface area contributed by atoms with Crippen LogP contribution >= 0.6 is 0 Å². The molecule has 0 saturated carbocycles. The standard InChI is InChI=1S/C10H20N2O2/c1-8(5-10(11)13)12-6-9-3-2-4-14-7-9/h8-9,12H,2-7H2,1H3,(H2,11,13). The highest BCUT2D eigenvalue weighted by atomic mass is 16.5. The Bertz CT molecular complexity index is 179. The van der Waals surface area contributed by atoms with Crippen molar-refractivity contribution >= 4 is 5.91 Å². The van der Waals surface area contributed by atoms with E-state index in [4.69, 9.17) is 10.5 Å². The Kier molecular flexibility index (Phi) is 4.90. The Morgan fingerprint density at radius 3 is 3.07 bits per heavy atom. The fraction of sp³-hybridized carbons (Fsp3) is 0.900. The lowest BCUT2D eigenvalue weighted by molar-refractivity contribution is -0.118. The van der Waals surface area contributed by atoms with Crippen molar-refractivity contribution in [2.75, 3.05) is 19.8 Å². The number of nitrogens with two attached hydrogens (primary N) is 1. The van der Waals surface area contributed by atoms with E-state index in [1.54, 1.807) is 0 Å².